The van der Waals surface area contributed by atoms with Gasteiger partial charge in [0.15, 0.2) is 5.13 Å². The van der Waals surface area contributed by atoms with Gasteiger partial charge in [0.05, 0.1) is 39.5 Å². The summed E-state index contributed by atoms with van der Waals surface area (Å²) < 4.78 is 4.07. The summed E-state index contributed by atoms with van der Waals surface area (Å²) in [5.41, 5.74) is 10.8. The van der Waals surface area contributed by atoms with Crippen LogP contribution in [-0.4, -0.2) is 29.8 Å². The summed E-state index contributed by atoms with van der Waals surface area (Å²) in [6.45, 7) is 0.725. The Hall–Kier alpha value is -4.48. The van der Waals surface area contributed by atoms with E-state index < -0.39 is 0 Å². The van der Waals surface area contributed by atoms with Crippen LogP contribution in [0.2, 0.25) is 0 Å². The Kier molecular flexibility index (Phi) is 5.68. The molecule has 0 aliphatic heterocycles. The van der Waals surface area contributed by atoms with Gasteiger partial charge < -0.3 is 20.9 Å². The molecule has 0 unspecified atom stereocenters. The van der Waals surface area contributed by atoms with Crippen LogP contribution in [-0.2, 0) is 6.54 Å². The monoisotopic (exact) mass is 512 g/mol. The van der Waals surface area contributed by atoms with E-state index in [4.69, 9.17) is 10.7 Å². The lowest BCUT2D eigenvalue weighted by Crippen LogP contribution is -2.11. The van der Waals surface area contributed by atoms with E-state index in [1.54, 1.807) is 30.7 Å². The molecule has 0 radical (unpaired) electrons. The van der Waals surface area contributed by atoms with E-state index in [2.05, 4.69) is 32.9 Å². The molecule has 0 fully saturated rings. The molecule has 5 heterocycles. The maximum atomic E-state index is 12.6. The third kappa shape index (κ3) is 4.44. The lowest BCUT2D eigenvalue weighted by Gasteiger charge is -2.06. The van der Waals surface area contributed by atoms with Crippen molar-refractivity contribution in [3.8, 4) is 11.4 Å². The molecule has 0 atom stereocenters. The maximum absolute atomic E-state index is 12.6. The Morgan fingerprint density at radius 2 is 2.03 bits per heavy atom. The quantitative estimate of drug-likeness (QED) is 0.249. The van der Waals surface area contributed by atoms with Crippen molar-refractivity contribution in [2.24, 2.45) is 0 Å². The van der Waals surface area contributed by atoms with Gasteiger partial charge >= 0.3 is 0 Å². The molecule has 178 valence electrons. The second-order valence-electron chi connectivity index (χ2n) is 8.01. The number of pyridine rings is 1. The number of carbonyl (C=O) groups is 1. The first-order valence-electron chi connectivity index (χ1n) is 11.0. The standard InChI is InChI=1S/C25H20N8OS2/c26-17-3-1-2-4-18(17)29-24(34)21-6-8-23(36-21)31-25-30-19(14-35-25)20-11-28-22-7-5-16(13-33(20)22)12-32-10-9-27-15-32/h1-11,13-15H,12,26H2,(H,29,34)(H,30,31). The normalized spacial score (nSPS) is 11.1. The lowest BCUT2D eigenvalue weighted by atomic mass is 10.2. The van der Waals surface area contributed by atoms with Crippen LogP contribution in [0.3, 0.4) is 0 Å². The van der Waals surface area contributed by atoms with Crippen LogP contribution in [0, 0.1) is 0 Å². The number of thiazole rings is 1. The zero-order valence-corrected chi connectivity index (χ0v) is 20.5. The summed E-state index contributed by atoms with van der Waals surface area (Å²) in [4.78, 5) is 26.6. The molecule has 11 heteroatoms. The van der Waals surface area contributed by atoms with E-state index in [1.165, 1.54) is 22.7 Å². The summed E-state index contributed by atoms with van der Waals surface area (Å²) in [5.74, 6) is -0.206. The molecule has 1 amide bonds. The minimum Gasteiger partial charge on any atom is -0.397 e. The van der Waals surface area contributed by atoms with E-state index in [0.717, 1.165) is 39.3 Å². The number of nitrogens with two attached hydrogens (primary N) is 1. The number of benzene rings is 1. The molecule has 0 bridgehead atoms. The summed E-state index contributed by atoms with van der Waals surface area (Å²) >= 11 is 2.85. The average Bonchev–Trinajstić information content (AvgIpc) is 3.68. The van der Waals surface area contributed by atoms with Gasteiger partial charge in [-0.1, -0.05) is 18.2 Å². The highest BCUT2D eigenvalue weighted by Crippen LogP contribution is 2.31. The molecule has 36 heavy (non-hydrogen) atoms. The van der Waals surface area contributed by atoms with E-state index >= 15 is 0 Å². The van der Waals surface area contributed by atoms with E-state index in [1.807, 2.05) is 51.0 Å². The number of thiophene rings is 1. The van der Waals surface area contributed by atoms with Crippen molar-refractivity contribution in [3.63, 3.8) is 0 Å². The Labute approximate surface area is 213 Å². The molecule has 6 rings (SSSR count). The number of amides is 1. The molecular formula is C25H20N8OS2. The summed E-state index contributed by atoms with van der Waals surface area (Å²) in [6.07, 6.45) is 9.42. The number of hydrogen-bond donors (Lipinski definition) is 3. The highest BCUT2D eigenvalue weighted by atomic mass is 32.1. The van der Waals surface area contributed by atoms with Crippen molar-refractivity contribution in [3.05, 3.63) is 95.5 Å². The van der Waals surface area contributed by atoms with Crippen LogP contribution in [0.5, 0.6) is 0 Å². The molecule has 0 saturated heterocycles. The minimum atomic E-state index is -0.206. The molecule has 4 N–H and O–H groups in total. The van der Waals surface area contributed by atoms with Gasteiger partial charge in [0, 0.05) is 30.5 Å². The number of nitrogen functional groups attached to an aromatic ring is 1. The Balaban J connectivity index is 1.18. The number of hydrogen-bond acceptors (Lipinski definition) is 8. The van der Waals surface area contributed by atoms with Crippen molar-refractivity contribution in [1.82, 2.24) is 23.9 Å². The number of nitrogens with one attached hydrogen (secondary N) is 2. The zero-order valence-electron chi connectivity index (χ0n) is 18.8. The summed E-state index contributed by atoms with van der Waals surface area (Å²) in [7, 11) is 0. The number of anilines is 4. The number of para-hydroxylation sites is 2. The number of fused-ring (bicyclic) bond motifs is 1. The maximum Gasteiger partial charge on any atom is 0.265 e. The second-order valence-corrected chi connectivity index (χ2v) is 9.95. The van der Waals surface area contributed by atoms with Crippen LogP contribution in [0.25, 0.3) is 17.0 Å². The fourth-order valence-corrected chi connectivity index (χ4v) is 5.36. The molecule has 5 aromatic heterocycles. The Morgan fingerprint density at radius 3 is 2.89 bits per heavy atom. The van der Waals surface area contributed by atoms with Crippen LogP contribution >= 0.6 is 22.7 Å². The third-order valence-electron chi connectivity index (χ3n) is 5.53. The SMILES string of the molecule is Nc1ccccc1NC(=O)c1ccc(Nc2nc(-c3cnc4ccc(Cn5ccnc5)cn34)cs2)s1. The first-order chi connectivity index (χ1) is 17.6. The van der Waals surface area contributed by atoms with Crippen molar-refractivity contribution < 1.29 is 4.79 Å². The van der Waals surface area contributed by atoms with Crippen LogP contribution in [0.4, 0.5) is 21.5 Å². The number of imidazole rings is 2. The van der Waals surface area contributed by atoms with Gasteiger partial charge in [-0.05, 0) is 35.9 Å². The number of nitrogens with zero attached hydrogens (tertiary/aromatic N) is 5. The molecular weight excluding hydrogens is 492 g/mol. The van der Waals surface area contributed by atoms with E-state index in [-0.39, 0.29) is 5.91 Å². The smallest absolute Gasteiger partial charge is 0.265 e. The van der Waals surface area contributed by atoms with Crippen LogP contribution in [0.1, 0.15) is 15.2 Å². The second kappa shape index (κ2) is 9.29. The molecule has 1 aromatic carbocycles. The highest BCUT2D eigenvalue weighted by molar-refractivity contribution is 7.19. The number of carbonyl (C=O) groups excluding carboxylic acids is 1. The molecule has 6 aromatic rings. The van der Waals surface area contributed by atoms with Gasteiger partial charge in [-0.15, -0.1) is 22.7 Å². The topological polar surface area (TPSA) is 115 Å². The van der Waals surface area contributed by atoms with Gasteiger partial charge in [0.25, 0.3) is 5.91 Å². The molecule has 9 nitrogen and oxygen atoms in total. The lowest BCUT2D eigenvalue weighted by molar-refractivity contribution is 0.103. The van der Waals surface area contributed by atoms with Crippen LogP contribution in [0.15, 0.2) is 85.0 Å². The van der Waals surface area contributed by atoms with Gasteiger partial charge in [-0.2, -0.15) is 0 Å². The van der Waals surface area contributed by atoms with Crippen molar-refractivity contribution in [2.75, 3.05) is 16.4 Å². The van der Waals surface area contributed by atoms with Gasteiger partial charge in [0.1, 0.15) is 11.3 Å². The predicted molar refractivity (Wildman–Crippen MR) is 144 cm³/mol. The van der Waals surface area contributed by atoms with Gasteiger partial charge in [-0.3, -0.25) is 9.20 Å². The molecule has 0 spiro atoms. The van der Waals surface area contributed by atoms with Crippen molar-refractivity contribution in [2.45, 2.75) is 6.54 Å². The van der Waals surface area contributed by atoms with Crippen molar-refractivity contribution in [1.29, 1.82) is 0 Å². The summed E-state index contributed by atoms with van der Waals surface area (Å²) in [5, 5.41) is 9.71. The Bertz CT molecular complexity index is 1660. The molecule has 0 aliphatic carbocycles. The first-order valence-corrected chi connectivity index (χ1v) is 12.7. The van der Waals surface area contributed by atoms with Crippen molar-refractivity contribution >= 4 is 55.7 Å². The Morgan fingerprint density at radius 1 is 1.11 bits per heavy atom. The minimum absolute atomic E-state index is 0.206. The number of aromatic nitrogens is 5. The van der Waals surface area contributed by atoms with Crippen LogP contribution < -0.4 is 16.4 Å². The van der Waals surface area contributed by atoms with Gasteiger partial charge in [-0.25, -0.2) is 15.0 Å². The highest BCUT2D eigenvalue weighted by Gasteiger charge is 2.14. The third-order valence-corrected chi connectivity index (χ3v) is 7.28. The predicted octanol–water partition coefficient (Wildman–Crippen LogP) is 5.34. The van der Waals surface area contributed by atoms with E-state index in [9.17, 15) is 4.79 Å². The fraction of sp³-hybridized carbons (Fsp3) is 0.0400. The van der Waals surface area contributed by atoms with Gasteiger partial charge in [0.2, 0.25) is 0 Å². The largest absolute Gasteiger partial charge is 0.397 e. The number of rotatable bonds is 7. The van der Waals surface area contributed by atoms with E-state index in [0.29, 0.717) is 16.3 Å². The zero-order chi connectivity index (χ0) is 24.5. The summed E-state index contributed by atoms with van der Waals surface area (Å²) in [6, 6.07) is 14.9. The average molecular weight is 513 g/mol. The molecule has 0 aliphatic rings. The first kappa shape index (κ1) is 22.0. The fourth-order valence-electron chi connectivity index (χ4n) is 3.77. The molecule has 0 saturated carbocycles.